The van der Waals surface area contributed by atoms with Gasteiger partial charge in [0.25, 0.3) is 0 Å². The number of nitrogens with one attached hydrogen (secondary N) is 2. The van der Waals surface area contributed by atoms with Gasteiger partial charge in [0.2, 0.25) is 0 Å². The Morgan fingerprint density at radius 3 is 2.42 bits per heavy atom. The maximum absolute atomic E-state index is 4.21. The molecule has 4 aromatic rings. The topological polar surface area (TPSA) is 27.8 Å². The molecule has 1 aliphatic heterocycles. The molecule has 2 nitrogen and oxygen atoms in total. The van der Waals surface area contributed by atoms with Gasteiger partial charge in [-0.25, -0.2) is 0 Å². The molecule has 2 heteroatoms. The lowest BCUT2D eigenvalue weighted by atomic mass is 9.97. The molecule has 1 aliphatic rings. The van der Waals surface area contributed by atoms with Gasteiger partial charge in [-0.15, -0.1) is 0 Å². The molecule has 0 atom stereocenters. The first-order valence-electron chi connectivity index (χ1n) is 9.04. The van der Waals surface area contributed by atoms with E-state index in [-0.39, 0.29) is 0 Å². The quantitative estimate of drug-likeness (QED) is 0.488. The Labute approximate surface area is 153 Å². The summed E-state index contributed by atoms with van der Waals surface area (Å²) in [7, 11) is 0. The van der Waals surface area contributed by atoms with Crippen molar-refractivity contribution in [2.75, 3.05) is 6.54 Å². The van der Waals surface area contributed by atoms with E-state index in [2.05, 4.69) is 89.7 Å². The summed E-state index contributed by atoms with van der Waals surface area (Å²) in [5.74, 6) is 0. The number of rotatable bonds is 2. The highest BCUT2D eigenvalue weighted by molar-refractivity contribution is 5.99. The van der Waals surface area contributed by atoms with Crippen LogP contribution >= 0.6 is 0 Å². The minimum Gasteiger partial charge on any atom is -0.385 e. The Kier molecular flexibility index (Phi) is 3.42. The molecule has 126 valence electrons. The maximum Gasteiger partial charge on any atom is 0.0498 e. The fourth-order valence-corrected chi connectivity index (χ4v) is 3.98. The highest BCUT2D eigenvalue weighted by Gasteiger charge is 2.19. The van der Waals surface area contributed by atoms with Crippen molar-refractivity contribution in [3.8, 4) is 22.4 Å². The fraction of sp³-hybridized carbons (Fsp3) is 0.0833. The zero-order valence-corrected chi connectivity index (χ0v) is 14.5. The highest BCUT2D eigenvalue weighted by atomic mass is 14.9. The van der Waals surface area contributed by atoms with Crippen LogP contribution in [-0.4, -0.2) is 11.5 Å². The average molecular weight is 336 g/mol. The standard InChI is InChI=1S/C24H20N2/c1-16-20-11-6-12-22-23(20)21(13-14-25-16)24(26-22)19-10-5-9-18(15-19)17-7-3-2-4-8-17/h2-12,15,25-26H,1,13-14H2. The lowest BCUT2D eigenvalue weighted by molar-refractivity contribution is 0.863. The highest BCUT2D eigenvalue weighted by Crippen LogP contribution is 2.37. The summed E-state index contributed by atoms with van der Waals surface area (Å²) < 4.78 is 0. The summed E-state index contributed by atoms with van der Waals surface area (Å²) in [5, 5.41) is 4.75. The van der Waals surface area contributed by atoms with Crippen LogP contribution in [0.3, 0.4) is 0 Å². The molecule has 1 aromatic heterocycles. The van der Waals surface area contributed by atoms with Crippen molar-refractivity contribution in [2.24, 2.45) is 0 Å². The number of benzene rings is 3. The molecule has 0 bridgehead atoms. The molecule has 2 N–H and O–H groups in total. The Morgan fingerprint density at radius 2 is 1.54 bits per heavy atom. The van der Waals surface area contributed by atoms with E-state index in [1.165, 1.54) is 44.4 Å². The molecular weight excluding hydrogens is 316 g/mol. The third kappa shape index (κ3) is 2.34. The van der Waals surface area contributed by atoms with Gasteiger partial charge in [-0.2, -0.15) is 0 Å². The summed E-state index contributed by atoms with van der Waals surface area (Å²) in [6, 6.07) is 25.8. The average Bonchev–Trinajstić information content (AvgIpc) is 2.98. The van der Waals surface area contributed by atoms with E-state index in [0.29, 0.717) is 0 Å². The monoisotopic (exact) mass is 336 g/mol. The van der Waals surface area contributed by atoms with Gasteiger partial charge in [0, 0.05) is 34.4 Å². The van der Waals surface area contributed by atoms with Crippen molar-refractivity contribution in [3.63, 3.8) is 0 Å². The Morgan fingerprint density at radius 1 is 0.769 bits per heavy atom. The fourth-order valence-electron chi connectivity index (χ4n) is 3.98. The minimum atomic E-state index is 0.909. The van der Waals surface area contributed by atoms with E-state index < -0.39 is 0 Å². The number of hydrogen-bond donors (Lipinski definition) is 2. The molecule has 0 unspecified atom stereocenters. The zero-order valence-electron chi connectivity index (χ0n) is 14.5. The predicted molar refractivity (Wildman–Crippen MR) is 110 cm³/mol. The molecule has 2 heterocycles. The van der Waals surface area contributed by atoms with Crippen LogP contribution in [0.15, 0.2) is 79.4 Å². The van der Waals surface area contributed by atoms with Crippen molar-refractivity contribution in [1.82, 2.24) is 10.3 Å². The second-order valence-electron chi connectivity index (χ2n) is 6.81. The van der Waals surface area contributed by atoms with Crippen molar-refractivity contribution in [2.45, 2.75) is 6.42 Å². The molecule has 5 rings (SSSR count). The molecule has 0 saturated heterocycles. The van der Waals surface area contributed by atoms with Crippen molar-refractivity contribution in [1.29, 1.82) is 0 Å². The van der Waals surface area contributed by atoms with Crippen LogP contribution in [0.25, 0.3) is 39.0 Å². The van der Waals surface area contributed by atoms with E-state index in [9.17, 15) is 0 Å². The zero-order chi connectivity index (χ0) is 17.5. The van der Waals surface area contributed by atoms with Crippen LogP contribution in [-0.2, 0) is 6.42 Å². The third-order valence-electron chi connectivity index (χ3n) is 5.22. The number of H-pyrrole nitrogens is 1. The van der Waals surface area contributed by atoms with Crippen LogP contribution in [0.4, 0.5) is 0 Å². The second kappa shape index (κ2) is 5.92. The third-order valence-corrected chi connectivity index (χ3v) is 5.22. The Bertz CT molecular complexity index is 1120. The molecule has 0 fully saturated rings. The largest absolute Gasteiger partial charge is 0.385 e. The lowest BCUT2D eigenvalue weighted by Gasteiger charge is -2.08. The first-order chi connectivity index (χ1) is 12.8. The Hall–Kier alpha value is -3.26. The first kappa shape index (κ1) is 15.0. The van der Waals surface area contributed by atoms with Crippen molar-refractivity contribution < 1.29 is 0 Å². The maximum atomic E-state index is 4.21. The molecule has 0 amide bonds. The van der Waals surface area contributed by atoms with Gasteiger partial charge in [-0.1, -0.05) is 67.2 Å². The van der Waals surface area contributed by atoms with Gasteiger partial charge < -0.3 is 10.3 Å². The van der Waals surface area contributed by atoms with Crippen LogP contribution < -0.4 is 5.32 Å². The number of hydrogen-bond acceptors (Lipinski definition) is 1. The molecule has 0 aliphatic carbocycles. The summed E-state index contributed by atoms with van der Waals surface area (Å²) >= 11 is 0. The van der Waals surface area contributed by atoms with Gasteiger partial charge >= 0.3 is 0 Å². The van der Waals surface area contributed by atoms with Gasteiger partial charge in [0.15, 0.2) is 0 Å². The van der Waals surface area contributed by atoms with Crippen LogP contribution in [0, 0.1) is 0 Å². The second-order valence-corrected chi connectivity index (χ2v) is 6.81. The van der Waals surface area contributed by atoms with E-state index in [4.69, 9.17) is 0 Å². The summed E-state index contributed by atoms with van der Waals surface area (Å²) in [6.45, 7) is 5.12. The van der Waals surface area contributed by atoms with E-state index in [0.717, 1.165) is 18.7 Å². The summed E-state index contributed by atoms with van der Waals surface area (Å²) in [4.78, 5) is 3.67. The van der Waals surface area contributed by atoms with Crippen LogP contribution in [0.2, 0.25) is 0 Å². The van der Waals surface area contributed by atoms with Crippen molar-refractivity contribution in [3.05, 3.63) is 90.5 Å². The lowest BCUT2D eigenvalue weighted by Crippen LogP contribution is -2.12. The van der Waals surface area contributed by atoms with E-state index in [1.54, 1.807) is 0 Å². The molecule has 26 heavy (non-hydrogen) atoms. The van der Waals surface area contributed by atoms with Gasteiger partial charge in [0.05, 0.1) is 0 Å². The number of aromatic amines is 1. The first-order valence-corrected chi connectivity index (χ1v) is 9.04. The van der Waals surface area contributed by atoms with Crippen LogP contribution in [0.5, 0.6) is 0 Å². The Balaban J connectivity index is 1.72. The van der Waals surface area contributed by atoms with E-state index >= 15 is 0 Å². The summed E-state index contributed by atoms with van der Waals surface area (Å²) in [5.41, 5.74) is 9.72. The molecule has 0 radical (unpaired) electrons. The summed E-state index contributed by atoms with van der Waals surface area (Å²) in [6.07, 6.45) is 0.987. The number of aromatic nitrogens is 1. The SMILES string of the molecule is C=C1NCCc2c(-c3cccc(-c4ccccc4)c3)[nH]c3cccc1c23. The van der Waals surface area contributed by atoms with Gasteiger partial charge in [-0.3, -0.25) is 0 Å². The normalized spacial score (nSPS) is 13.5. The smallest absolute Gasteiger partial charge is 0.0498 e. The molecule has 3 aromatic carbocycles. The molecular formula is C24H20N2. The predicted octanol–water partition coefficient (Wildman–Crippen LogP) is 5.62. The molecule has 0 saturated carbocycles. The van der Waals surface area contributed by atoms with Gasteiger partial charge in [-0.05, 0) is 40.8 Å². The minimum absolute atomic E-state index is 0.909. The van der Waals surface area contributed by atoms with Crippen molar-refractivity contribution >= 4 is 16.6 Å². The molecule has 0 spiro atoms. The van der Waals surface area contributed by atoms with E-state index in [1.807, 2.05) is 0 Å². The van der Waals surface area contributed by atoms with Crippen LogP contribution in [0.1, 0.15) is 11.1 Å². The van der Waals surface area contributed by atoms with Gasteiger partial charge in [0.1, 0.15) is 0 Å².